The third kappa shape index (κ3) is 6.65. The average molecular weight is 430 g/mol. The number of nitrogens with zero attached hydrogens (tertiary/aromatic N) is 1. The average Bonchev–Trinajstić information content (AvgIpc) is 2.44. The van der Waals surface area contributed by atoms with Crippen LogP contribution in [0.25, 0.3) is 0 Å². The number of hydrogen-bond donors (Lipinski definition) is 2. The van der Waals surface area contributed by atoms with Crippen LogP contribution in [-0.4, -0.2) is 42.4 Å². The number of phenols is 1. The van der Waals surface area contributed by atoms with Gasteiger partial charge in [0, 0.05) is 49.2 Å². The highest BCUT2D eigenvalue weighted by Crippen LogP contribution is 2.40. The van der Waals surface area contributed by atoms with Crippen LogP contribution in [0.1, 0.15) is 24.4 Å². The summed E-state index contributed by atoms with van der Waals surface area (Å²) < 4.78 is 37.8. The van der Waals surface area contributed by atoms with Gasteiger partial charge in [-0.05, 0) is 18.6 Å². The molecule has 140 valence electrons. The zero-order valence-corrected chi connectivity index (χ0v) is 15.7. The van der Waals surface area contributed by atoms with Gasteiger partial charge in [-0.15, -0.1) is 24.8 Å². The summed E-state index contributed by atoms with van der Waals surface area (Å²) in [7, 11) is 0. The Morgan fingerprint density at radius 2 is 1.75 bits per heavy atom. The van der Waals surface area contributed by atoms with E-state index < -0.39 is 18.6 Å². The minimum absolute atomic E-state index is 0. The lowest BCUT2D eigenvalue weighted by Crippen LogP contribution is -2.45. The molecule has 0 aliphatic carbocycles. The molecule has 0 bridgehead atoms. The summed E-state index contributed by atoms with van der Waals surface area (Å²) in [6.45, 7) is 2.59. The van der Waals surface area contributed by atoms with Gasteiger partial charge in [0.25, 0.3) is 0 Å². The number of piperazine rings is 1. The van der Waals surface area contributed by atoms with Crippen LogP contribution in [-0.2, 0) is 0 Å². The molecule has 1 aliphatic rings. The summed E-state index contributed by atoms with van der Waals surface area (Å²) in [6.07, 6.45) is -5.32. The zero-order valence-electron chi connectivity index (χ0n) is 12.6. The van der Waals surface area contributed by atoms with E-state index in [1.807, 2.05) is 4.90 Å². The number of phenolic OH excluding ortho intramolecular Hbond substituents is 1. The van der Waals surface area contributed by atoms with E-state index in [1.54, 1.807) is 0 Å². The zero-order chi connectivity index (χ0) is 16.3. The van der Waals surface area contributed by atoms with Gasteiger partial charge in [0.1, 0.15) is 5.75 Å². The Morgan fingerprint density at radius 3 is 2.29 bits per heavy atom. The molecule has 2 rings (SSSR count). The van der Waals surface area contributed by atoms with Crippen molar-refractivity contribution < 1.29 is 18.3 Å². The van der Waals surface area contributed by atoms with Crippen molar-refractivity contribution in [1.82, 2.24) is 10.2 Å². The molecule has 0 aromatic heterocycles. The van der Waals surface area contributed by atoms with Crippen LogP contribution >= 0.6 is 48.0 Å². The van der Waals surface area contributed by atoms with Crippen LogP contribution in [0.5, 0.6) is 5.75 Å². The monoisotopic (exact) mass is 428 g/mol. The summed E-state index contributed by atoms with van der Waals surface area (Å²) >= 11 is 11.9. The SMILES string of the molecule is Cl.Cl.Oc1c(Cl)cc(Cl)cc1[C@@H](CCC(F)(F)F)N1CCNCC1. The standard InChI is InChI=1S/C14H17Cl2F3N2O.2ClH/c15-9-7-10(13(22)11(16)8-9)12(1-2-14(17,18)19)21-5-3-20-4-6-21;;/h7-8,12,20,22H,1-6H2;2*1H/t12-;;/m1../s1. The number of rotatable bonds is 4. The highest BCUT2D eigenvalue weighted by Gasteiger charge is 2.32. The second-order valence-electron chi connectivity index (χ2n) is 5.28. The quantitative estimate of drug-likeness (QED) is 0.719. The van der Waals surface area contributed by atoms with Gasteiger partial charge in [-0.3, -0.25) is 4.90 Å². The molecule has 1 fully saturated rings. The van der Waals surface area contributed by atoms with Crippen molar-refractivity contribution in [2.45, 2.75) is 25.1 Å². The second-order valence-corrected chi connectivity index (χ2v) is 6.12. The highest BCUT2D eigenvalue weighted by molar-refractivity contribution is 6.35. The molecule has 1 heterocycles. The summed E-state index contributed by atoms with van der Waals surface area (Å²) in [5, 5.41) is 13.6. The summed E-state index contributed by atoms with van der Waals surface area (Å²) in [6, 6.07) is 2.30. The van der Waals surface area contributed by atoms with E-state index in [0.717, 1.165) is 0 Å². The first kappa shape index (κ1) is 23.9. The Balaban J connectivity index is 0.00000264. The van der Waals surface area contributed by atoms with Gasteiger partial charge in [0.05, 0.1) is 5.02 Å². The largest absolute Gasteiger partial charge is 0.506 e. The third-order valence-electron chi connectivity index (χ3n) is 3.71. The van der Waals surface area contributed by atoms with Gasteiger partial charge >= 0.3 is 6.18 Å². The number of halogens is 7. The van der Waals surface area contributed by atoms with Crippen LogP contribution in [0, 0.1) is 0 Å². The molecule has 10 heteroatoms. The van der Waals surface area contributed by atoms with Crippen molar-refractivity contribution in [2.75, 3.05) is 26.2 Å². The van der Waals surface area contributed by atoms with E-state index >= 15 is 0 Å². The van der Waals surface area contributed by atoms with Crippen LogP contribution in [0.2, 0.25) is 10.0 Å². The Hall–Kier alpha value is -0.110. The summed E-state index contributed by atoms with van der Waals surface area (Å²) in [5.41, 5.74) is 0.351. The maximum atomic E-state index is 12.6. The van der Waals surface area contributed by atoms with Gasteiger partial charge in [0.15, 0.2) is 0 Å². The van der Waals surface area contributed by atoms with Crippen LogP contribution in [0.15, 0.2) is 12.1 Å². The molecule has 3 nitrogen and oxygen atoms in total. The molecule has 1 aromatic carbocycles. The van der Waals surface area contributed by atoms with Crippen LogP contribution < -0.4 is 5.32 Å². The molecule has 1 saturated heterocycles. The van der Waals surface area contributed by atoms with E-state index in [1.165, 1.54) is 12.1 Å². The molecule has 2 N–H and O–H groups in total. The molecular weight excluding hydrogens is 411 g/mol. The lowest BCUT2D eigenvalue weighted by Gasteiger charge is -2.36. The van der Waals surface area contributed by atoms with Gasteiger partial charge in [-0.25, -0.2) is 0 Å². The first-order valence-electron chi connectivity index (χ1n) is 6.97. The fourth-order valence-electron chi connectivity index (χ4n) is 2.67. The number of hydrogen-bond acceptors (Lipinski definition) is 3. The smallest absolute Gasteiger partial charge is 0.389 e. The first-order valence-corrected chi connectivity index (χ1v) is 7.73. The van der Waals surface area contributed by atoms with E-state index in [-0.39, 0.29) is 42.0 Å². The molecule has 1 atom stereocenters. The second kappa shape index (κ2) is 10.1. The normalized spacial score (nSPS) is 16.9. The van der Waals surface area contributed by atoms with Gasteiger partial charge < -0.3 is 10.4 Å². The summed E-state index contributed by atoms with van der Waals surface area (Å²) in [5.74, 6) is -0.197. The van der Waals surface area contributed by atoms with Crippen molar-refractivity contribution in [3.05, 3.63) is 27.7 Å². The molecule has 1 aliphatic heterocycles. The highest BCUT2D eigenvalue weighted by atomic mass is 35.5. The lowest BCUT2D eigenvalue weighted by molar-refractivity contribution is -0.138. The topological polar surface area (TPSA) is 35.5 Å². The molecule has 0 unspecified atom stereocenters. The van der Waals surface area contributed by atoms with Crippen molar-refractivity contribution in [2.24, 2.45) is 0 Å². The summed E-state index contributed by atoms with van der Waals surface area (Å²) in [4.78, 5) is 1.92. The van der Waals surface area contributed by atoms with E-state index in [9.17, 15) is 18.3 Å². The van der Waals surface area contributed by atoms with Crippen molar-refractivity contribution in [3.63, 3.8) is 0 Å². The van der Waals surface area contributed by atoms with E-state index in [0.29, 0.717) is 36.8 Å². The number of benzene rings is 1. The Kier molecular flexibility index (Phi) is 10.1. The van der Waals surface area contributed by atoms with Crippen LogP contribution in [0.4, 0.5) is 13.2 Å². The van der Waals surface area contributed by atoms with Crippen LogP contribution in [0.3, 0.4) is 0 Å². The first-order chi connectivity index (χ1) is 10.3. The van der Waals surface area contributed by atoms with Gasteiger partial charge in [-0.2, -0.15) is 13.2 Å². The predicted octanol–water partition coefficient (Wildman–Crippen LogP) is 4.83. The molecule has 0 amide bonds. The molecular formula is C14H19Cl4F3N2O. The Bertz CT molecular complexity index is 525. The van der Waals surface area contributed by atoms with Crippen molar-refractivity contribution in [1.29, 1.82) is 0 Å². The van der Waals surface area contributed by atoms with E-state index in [4.69, 9.17) is 23.2 Å². The Labute approximate surface area is 161 Å². The number of aromatic hydroxyl groups is 1. The maximum Gasteiger partial charge on any atom is 0.389 e. The Morgan fingerprint density at radius 1 is 1.17 bits per heavy atom. The molecule has 24 heavy (non-hydrogen) atoms. The van der Waals surface area contributed by atoms with E-state index in [2.05, 4.69) is 5.32 Å². The number of nitrogens with one attached hydrogen (secondary N) is 1. The molecule has 0 radical (unpaired) electrons. The third-order valence-corrected chi connectivity index (χ3v) is 4.22. The fraction of sp³-hybridized carbons (Fsp3) is 0.571. The van der Waals surface area contributed by atoms with Gasteiger partial charge in [-0.1, -0.05) is 23.2 Å². The minimum Gasteiger partial charge on any atom is -0.506 e. The number of alkyl halides is 3. The maximum absolute atomic E-state index is 12.6. The van der Waals surface area contributed by atoms with Crippen molar-refractivity contribution in [3.8, 4) is 5.75 Å². The predicted molar refractivity (Wildman–Crippen MR) is 95.1 cm³/mol. The molecule has 0 spiro atoms. The fourth-order valence-corrected chi connectivity index (χ4v) is 3.18. The minimum atomic E-state index is -4.25. The molecule has 0 saturated carbocycles. The molecule has 1 aromatic rings. The van der Waals surface area contributed by atoms with Gasteiger partial charge in [0.2, 0.25) is 0 Å². The lowest BCUT2D eigenvalue weighted by atomic mass is 9.98. The van der Waals surface area contributed by atoms with Crippen molar-refractivity contribution >= 4 is 48.0 Å².